The number of nitrogens with zero attached hydrogens (tertiary/aromatic N) is 1. The minimum absolute atomic E-state index is 0.0709. The van der Waals surface area contributed by atoms with Gasteiger partial charge in [0.2, 0.25) is 5.91 Å². The second-order valence-corrected chi connectivity index (χ2v) is 11.1. The molecule has 0 spiro atoms. The highest BCUT2D eigenvalue weighted by molar-refractivity contribution is 5.93. The third-order valence-electron chi connectivity index (χ3n) is 8.65. The normalized spacial score (nSPS) is 31.8. The van der Waals surface area contributed by atoms with E-state index in [0.717, 1.165) is 67.8 Å². The molecule has 8 heteroatoms. The lowest BCUT2D eigenvalue weighted by molar-refractivity contribution is -0.123. The van der Waals surface area contributed by atoms with Gasteiger partial charge in [-0.3, -0.25) is 4.79 Å². The van der Waals surface area contributed by atoms with Gasteiger partial charge >= 0.3 is 6.09 Å². The lowest BCUT2D eigenvalue weighted by atomic mass is 9.71. The van der Waals surface area contributed by atoms with E-state index in [0.29, 0.717) is 36.7 Å². The van der Waals surface area contributed by atoms with Gasteiger partial charge in [-0.2, -0.15) is 0 Å². The smallest absolute Gasteiger partial charge is 0.407 e. The van der Waals surface area contributed by atoms with E-state index < -0.39 is 0 Å². The molecule has 2 saturated carbocycles. The quantitative estimate of drug-likeness (QED) is 0.491. The summed E-state index contributed by atoms with van der Waals surface area (Å²) in [5.74, 6) is 2.14. The zero-order valence-corrected chi connectivity index (χ0v) is 21.2. The number of hydrogen-bond acceptors (Lipinski definition) is 6. The van der Waals surface area contributed by atoms with Crippen LogP contribution in [0.2, 0.25) is 0 Å². The minimum atomic E-state index is -0.298. The monoisotopic (exact) mass is 493 g/mol. The van der Waals surface area contributed by atoms with Crippen molar-refractivity contribution < 1.29 is 14.3 Å². The summed E-state index contributed by atoms with van der Waals surface area (Å²) in [4.78, 5) is 30.1. The molecule has 6 atom stereocenters. The number of alkyl carbamates (subject to hydrolysis) is 1. The van der Waals surface area contributed by atoms with Crippen LogP contribution in [-0.4, -0.2) is 42.2 Å². The number of amides is 2. The topological polar surface area (TPSA) is 118 Å². The van der Waals surface area contributed by atoms with Crippen LogP contribution in [0.5, 0.6) is 0 Å². The fourth-order valence-electron chi connectivity index (χ4n) is 6.57. The van der Waals surface area contributed by atoms with Gasteiger partial charge in [0.25, 0.3) is 0 Å². The number of pyridine rings is 1. The van der Waals surface area contributed by atoms with Crippen LogP contribution < -0.4 is 21.7 Å². The molecule has 4 bridgehead atoms. The number of anilines is 2. The van der Waals surface area contributed by atoms with Crippen LogP contribution in [0.4, 0.5) is 16.3 Å². The number of rotatable bonds is 2. The minimum Gasteiger partial charge on any atom is -0.450 e. The number of carbonyl (C=O) groups is 2. The molecule has 5 N–H and O–H groups in total. The number of hydrogen-bond donors (Lipinski definition) is 4. The molecule has 2 saturated heterocycles. The average molecular weight is 494 g/mol. The number of nitrogens with two attached hydrogens (primary N) is 1. The number of aromatic nitrogens is 1. The number of carbonyl (C=O) groups excluding carboxylic acids is 2. The maximum atomic E-state index is 13.6. The van der Waals surface area contributed by atoms with Gasteiger partial charge in [-0.05, 0) is 98.3 Å². The summed E-state index contributed by atoms with van der Waals surface area (Å²) in [7, 11) is 0. The van der Waals surface area contributed by atoms with Crippen molar-refractivity contribution >= 4 is 34.3 Å². The van der Waals surface area contributed by atoms with E-state index in [-0.39, 0.29) is 30.0 Å². The van der Waals surface area contributed by atoms with E-state index >= 15 is 0 Å². The first-order valence-corrected chi connectivity index (χ1v) is 13.6. The Labute approximate surface area is 213 Å². The van der Waals surface area contributed by atoms with Gasteiger partial charge in [-0.1, -0.05) is 13.3 Å². The van der Waals surface area contributed by atoms with Crippen LogP contribution in [0.25, 0.3) is 10.8 Å². The van der Waals surface area contributed by atoms with E-state index in [4.69, 9.17) is 10.5 Å². The van der Waals surface area contributed by atoms with Crippen molar-refractivity contribution in [3.8, 4) is 0 Å². The number of nitrogen functional groups attached to an aromatic ring is 1. The molecule has 36 heavy (non-hydrogen) atoms. The first kappa shape index (κ1) is 24.7. The maximum absolute atomic E-state index is 13.6. The van der Waals surface area contributed by atoms with E-state index in [1.54, 1.807) is 6.20 Å². The van der Waals surface area contributed by atoms with E-state index in [2.05, 4.69) is 33.9 Å². The molecule has 6 rings (SSSR count). The standard InChI is InChI=1S/C28H39N5O3/c1-17-13-21-6-5-19(17)10-12-36-28(35)33-22-4-2-3-18(14-22)16-31-27(34)25(21)32-23-7-8-24-20(15-23)9-11-30-26(24)29/h7-9,11,15,17-19,21-22,25,32H,2-6,10,12-14,16H2,1H3,(H2,29,30)(H,31,34)(H,33,35)/t17?,18?,19?,21-,22?,25?/m1/s1. The zero-order valence-electron chi connectivity index (χ0n) is 21.2. The highest BCUT2D eigenvalue weighted by Crippen LogP contribution is 2.38. The third-order valence-corrected chi connectivity index (χ3v) is 8.65. The summed E-state index contributed by atoms with van der Waals surface area (Å²) in [6.07, 6.45) is 9.22. The van der Waals surface area contributed by atoms with Crippen LogP contribution in [0.3, 0.4) is 0 Å². The van der Waals surface area contributed by atoms with Crippen LogP contribution in [0.15, 0.2) is 30.5 Å². The fraction of sp³-hybridized carbons (Fsp3) is 0.607. The molecule has 1 aromatic heterocycles. The van der Waals surface area contributed by atoms with Crippen molar-refractivity contribution in [3.05, 3.63) is 30.5 Å². The van der Waals surface area contributed by atoms with Crippen molar-refractivity contribution in [2.45, 2.75) is 70.4 Å². The Morgan fingerprint density at radius 1 is 1.06 bits per heavy atom. The number of ether oxygens (including phenoxy) is 1. The van der Waals surface area contributed by atoms with Crippen molar-refractivity contribution in [1.82, 2.24) is 15.6 Å². The third kappa shape index (κ3) is 5.68. The fourth-order valence-corrected chi connectivity index (χ4v) is 6.57. The molecule has 4 fully saturated rings. The Morgan fingerprint density at radius 2 is 1.92 bits per heavy atom. The van der Waals surface area contributed by atoms with Gasteiger partial charge in [0.05, 0.1) is 6.61 Å². The summed E-state index contributed by atoms with van der Waals surface area (Å²) in [6, 6.07) is 7.79. The Bertz CT molecular complexity index is 1090. The number of benzene rings is 1. The van der Waals surface area contributed by atoms with Gasteiger partial charge in [-0.15, -0.1) is 0 Å². The van der Waals surface area contributed by atoms with E-state index in [1.165, 1.54) is 0 Å². The predicted molar refractivity (Wildman–Crippen MR) is 141 cm³/mol. The first-order chi connectivity index (χ1) is 17.5. The highest BCUT2D eigenvalue weighted by Gasteiger charge is 2.36. The lowest BCUT2D eigenvalue weighted by Gasteiger charge is -2.38. The molecule has 2 aromatic rings. The molecule has 1 aromatic carbocycles. The van der Waals surface area contributed by atoms with Crippen molar-refractivity contribution in [2.24, 2.45) is 23.7 Å². The molecule has 8 nitrogen and oxygen atoms in total. The number of fused-ring (bicyclic) bond motifs is 10. The average Bonchev–Trinajstić information content (AvgIpc) is 2.86. The van der Waals surface area contributed by atoms with Crippen LogP contribution in [-0.2, 0) is 9.53 Å². The zero-order chi connectivity index (χ0) is 25.1. The van der Waals surface area contributed by atoms with E-state index in [1.807, 2.05) is 18.2 Å². The lowest BCUT2D eigenvalue weighted by Crippen LogP contribution is -2.49. The molecular weight excluding hydrogens is 454 g/mol. The van der Waals surface area contributed by atoms with Crippen LogP contribution >= 0.6 is 0 Å². The van der Waals surface area contributed by atoms with Crippen LogP contribution in [0, 0.1) is 23.7 Å². The van der Waals surface area contributed by atoms with Gasteiger partial charge in [0.15, 0.2) is 0 Å². The van der Waals surface area contributed by atoms with Crippen LogP contribution in [0.1, 0.15) is 58.3 Å². The first-order valence-electron chi connectivity index (χ1n) is 13.6. The molecule has 2 aliphatic heterocycles. The summed E-state index contributed by atoms with van der Waals surface area (Å²) < 4.78 is 5.55. The molecule has 2 amide bonds. The number of nitrogens with one attached hydrogen (secondary N) is 3. The molecule has 194 valence electrons. The Morgan fingerprint density at radius 3 is 2.78 bits per heavy atom. The summed E-state index contributed by atoms with van der Waals surface area (Å²) in [5.41, 5.74) is 6.96. The predicted octanol–water partition coefficient (Wildman–Crippen LogP) is 4.45. The molecule has 4 aliphatic rings. The second kappa shape index (κ2) is 10.9. The van der Waals surface area contributed by atoms with Gasteiger partial charge < -0.3 is 26.4 Å². The van der Waals surface area contributed by atoms with Gasteiger partial charge in [0, 0.05) is 29.9 Å². The Balaban J connectivity index is 1.37. The molecular formula is C28H39N5O3. The van der Waals surface area contributed by atoms with Crippen molar-refractivity contribution in [2.75, 3.05) is 24.2 Å². The SMILES string of the molecule is CC1C[C@H]2CCC1CCOC(=O)NC1CCCC(CNC(=O)C2Nc2ccc3c(N)nccc3c2)C1. The van der Waals surface area contributed by atoms with Gasteiger partial charge in [-0.25, -0.2) is 9.78 Å². The van der Waals surface area contributed by atoms with Gasteiger partial charge in [0.1, 0.15) is 11.9 Å². The summed E-state index contributed by atoms with van der Waals surface area (Å²) in [5, 5.41) is 11.8. The maximum Gasteiger partial charge on any atom is 0.407 e. The van der Waals surface area contributed by atoms with Crippen molar-refractivity contribution in [1.29, 1.82) is 0 Å². The van der Waals surface area contributed by atoms with E-state index in [9.17, 15) is 9.59 Å². The Hall–Kier alpha value is -3.03. The largest absolute Gasteiger partial charge is 0.450 e. The molecule has 2 aliphatic carbocycles. The highest BCUT2D eigenvalue weighted by atomic mass is 16.5. The second-order valence-electron chi connectivity index (χ2n) is 11.1. The molecule has 5 unspecified atom stereocenters. The Kier molecular flexibility index (Phi) is 7.48. The molecule has 0 radical (unpaired) electrons. The summed E-state index contributed by atoms with van der Waals surface area (Å²) >= 11 is 0. The molecule has 3 heterocycles. The summed E-state index contributed by atoms with van der Waals surface area (Å²) in [6.45, 7) is 3.36. The van der Waals surface area contributed by atoms with Crippen molar-refractivity contribution in [3.63, 3.8) is 0 Å².